The number of terminal acetylenes is 1. The van der Waals surface area contributed by atoms with E-state index in [0.29, 0.717) is 22.9 Å². The Bertz CT molecular complexity index is 665. The van der Waals surface area contributed by atoms with Crippen molar-refractivity contribution in [1.82, 2.24) is 0 Å². The van der Waals surface area contributed by atoms with E-state index in [-0.39, 0.29) is 6.42 Å². The van der Waals surface area contributed by atoms with Gasteiger partial charge < -0.3 is 0 Å². The fourth-order valence-corrected chi connectivity index (χ4v) is 2.41. The lowest BCUT2D eigenvalue weighted by atomic mass is 10.1. The standard InChI is InChI=1S/C15H11Cl2N3/c1-2-7-15(10-18)19-9-13(20-15)6-4-11-3-5-12(16)8-14(11)17/h1,3,5,8-9H,4,6-7H2. The first-order valence-electron chi connectivity index (χ1n) is 6.01. The topological polar surface area (TPSA) is 48.5 Å². The van der Waals surface area contributed by atoms with Crippen LogP contribution in [0.2, 0.25) is 10.0 Å². The molecule has 0 saturated carbocycles. The second kappa shape index (κ2) is 6.09. The van der Waals surface area contributed by atoms with Gasteiger partial charge in [-0.15, -0.1) is 12.3 Å². The Labute approximate surface area is 127 Å². The van der Waals surface area contributed by atoms with Crippen LogP contribution in [0.25, 0.3) is 0 Å². The summed E-state index contributed by atoms with van der Waals surface area (Å²) in [6, 6.07) is 7.45. The number of benzene rings is 1. The molecular formula is C15H11Cl2N3. The Morgan fingerprint density at radius 2 is 2.10 bits per heavy atom. The fraction of sp³-hybridized carbons (Fsp3) is 0.267. The highest BCUT2D eigenvalue weighted by Crippen LogP contribution is 2.24. The van der Waals surface area contributed by atoms with Crippen LogP contribution in [0, 0.1) is 23.7 Å². The van der Waals surface area contributed by atoms with Crippen molar-refractivity contribution in [1.29, 1.82) is 5.26 Å². The van der Waals surface area contributed by atoms with Crippen molar-refractivity contribution in [2.45, 2.75) is 24.9 Å². The average Bonchev–Trinajstić information content (AvgIpc) is 2.82. The van der Waals surface area contributed by atoms with Crippen molar-refractivity contribution in [2.75, 3.05) is 0 Å². The van der Waals surface area contributed by atoms with E-state index in [1.807, 2.05) is 6.07 Å². The number of aryl methyl sites for hydroxylation is 1. The Hall–Kier alpha value is -1.81. The van der Waals surface area contributed by atoms with Crippen LogP contribution >= 0.6 is 23.2 Å². The van der Waals surface area contributed by atoms with Crippen molar-refractivity contribution in [3.05, 3.63) is 33.8 Å². The Balaban J connectivity index is 2.06. The molecule has 5 heteroatoms. The van der Waals surface area contributed by atoms with Crippen molar-refractivity contribution in [3.63, 3.8) is 0 Å². The van der Waals surface area contributed by atoms with Gasteiger partial charge in [-0.2, -0.15) is 5.26 Å². The summed E-state index contributed by atoms with van der Waals surface area (Å²) in [5.74, 6) is 2.43. The van der Waals surface area contributed by atoms with Gasteiger partial charge in [-0.1, -0.05) is 29.3 Å². The molecule has 20 heavy (non-hydrogen) atoms. The number of nitriles is 1. The molecule has 1 aliphatic rings. The summed E-state index contributed by atoms with van der Waals surface area (Å²) < 4.78 is 0. The smallest absolute Gasteiger partial charge is 0.247 e. The summed E-state index contributed by atoms with van der Waals surface area (Å²) in [4.78, 5) is 8.43. The second-order valence-corrected chi connectivity index (χ2v) is 5.25. The molecule has 1 heterocycles. The number of nitrogens with zero attached hydrogens (tertiary/aromatic N) is 3. The van der Waals surface area contributed by atoms with E-state index in [1.165, 1.54) is 0 Å². The summed E-state index contributed by atoms with van der Waals surface area (Å²) >= 11 is 12.0. The molecule has 0 amide bonds. The van der Waals surface area contributed by atoms with Crippen molar-refractivity contribution in [2.24, 2.45) is 9.98 Å². The van der Waals surface area contributed by atoms with Crippen LogP contribution in [0.3, 0.4) is 0 Å². The summed E-state index contributed by atoms with van der Waals surface area (Å²) in [5, 5.41) is 10.4. The molecule has 0 aliphatic carbocycles. The summed E-state index contributed by atoms with van der Waals surface area (Å²) in [5.41, 5.74) is 0.611. The van der Waals surface area contributed by atoms with E-state index in [1.54, 1.807) is 18.3 Å². The van der Waals surface area contributed by atoms with Crippen LogP contribution in [0.5, 0.6) is 0 Å². The first kappa shape index (κ1) is 14.6. The van der Waals surface area contributed by atoms with Gasteiger partial charge in [0.25, 0.3) is 0 Å². The third-order valence-corrected chi connectivity index (χ3v) is 3.54. The van der Waals surface area contributed by atoms with Crippen molar-refractivity contribution >= 4 is 35.1 Å². The average molecular weight is 304 g/mol. The maximum absolute atomic E-state index is 9.12. The van der Waals surface area contributed by atoms with Gasteiger partial charge in [0.15, 0.2) is 0 Å². The molecule has 100 valence electrons. The summed E-state index contributed by atoms with van der Waals surface area (Å²) in [7, 11) is 0. The summed E-state index contributed by atoms with van der Waals surface area (Å²) in [6.07, 6.45) is 8.40. The minimum absolute atomic E-state index is 0.186. The van der Waals surface area contributed by atoms with Gasteiger partial charge >= 0.3 is 0 Å². The highest BCUT2D eigenvalue weighted by molar-refractivity contribution is 6.35. The van der Waals surface area contributed by atoms with E-state index < -0.39 is 5.66 Å². The van der Waals surface area contributed by atoms with Gasteiger partial charge in [-0.25, -0.2) is 9.98 Å². The number of aliphatic imine (C=N–C) groups is 2. The molecule has 0 radical (unpaired) electrons. The molecule has 0 spiro atoms. The molecule has 0 saturated heterocycles. The van der Waals surface area contributed by atoms with Crippen molar-refractivity contribution < 1.29 is 0 Å². The zero-order valence-corrected chi connectivity index (χ0v) is 12.1. The molecule has 3 nitrogen and oxygen atoms in total. The highest BCUT2D eigenvalue weighted by atomic mass is 35.5. The van der Waals surface area contributed by atoms with Gasteiger partial charge in [0, 0.05) is 16.3 Å². The minimum Gasteiger partial charge on any atom is -0.247 e. The predicted octanol–water partition coefficient (Wildman–Crippen LogP) is 3.69. The van der Waals surface area contributed by atoms with E-state index in [9.17, 15) is 0 Å². The number of halogens is 2. The van der Waals surface area contributed by atoms with Gasteiger partial charge in [0.1, 0.15) is 6.07 Å². The number of hydrogen-bond acceptors (Lipinski definition) is 3. The predicted molar refractivity (Wildman–Crippen MR) is 82.5 cm³/mol. The van der Waals surface area contributed by atoms with Gasteiger partial charge in [0.2, 0.25) is 5.66 Å². The van der Waals surface area contributed by atoms with Crippen LogP contribution in [-0.2, 0) is 6.42 Å². The molecule has 1 aliphatic heterocycles. The molecule has 1 atom stereocenters. The van der Waals surface area contributed by atoms with E-state index in [2.05, 4.69) is 22.0 Å². The number of hydrogen-bond donors (Lipinski definition) is 0. The van der Waals surface area contributed by atoms with Crippen molar-refractivity contribution in [3.8, 4) is 18.4 Å². The molecular weight excluding hydrogens is 293 g/mol. The van der Waals surface area contributed by atoms with Crippen LogP contribution in [0.1, 0.15) is 18.4 Å². The minimum atomic E-state index is -1.13. The van der Waals surface area contributed by atoms with E-state index in [0.717, 1.165) is 11.3 Å². The first-order chi connectivity index (χ1) is 9.58. The van der Waals surface area contributed by atoms with Gasteiger partial charge in [-0.3, -0.25) is 0 Å². The Morgan fingerprint density at radius 1 is 1.30 bits per heavy atom. The maximum atomic E-state index is 9.12. The molecule has 1 aromatic rings. The Kier molecular flexibility index (Phi) is 4.45. The maximum Gasteiger partial charge on any atom is 0.248 e. The lowest BCUT2D eigenvalue weighted by Gasteiger charge is -2.09. The third-order valence-electron chi connectivity index (χ3n) is 2.95. The molecule has 1 unspecified atom stereocenters. The molecule has 0 N–H and O–H groups in total. The van der Waals surface area contributed by atoms with Gasteiger partial charge in [-0.05, 0) is 30.5 Å². The van der Waals surface area contributed by atoms with Crippen LogP contribution in [0.4, 0.5) is 0 Å². The van der Waals surface area contributed by atoms with Crippen LogP contribution in [-0.4, -0.2) is 17.6 Å². The van der Waals surface area contributed by atoms with Crippen LogP contribution < -0.4 is 0 Å². The third kappa shape index (κ3) is 3.20. The fourth-order valence-electron chi connectivity index (χ4n) is 1.91. The lowest BCUT2D eigenvalue weighted by molar-refractivity contribution is 0.605. The highest BCUT2D eigenvalue weighted by Gasteiger charge is 2.30. The normalized spacial score (nSPS) is 20.3. The zero-order chi connectivity index (χ0) is 14.6. The zero-order valence-electron chi connectivity index (χ0n) is 10.6. The van der Waals surface area contributed by atoms with E-state index >= 15 is 0 Å². The van der Waals surface area contributed by atoms with E-state index in [4.69, 9.17) is 34.9 Å². The second-order valence-electron chi connectivity index (χ2n) is 4.41. The first-order valence-corrected chi connectivity index (χ1v) is 6.77. The molecule has 0 bridgehead atoms. The molecule has 2 rings (SSSR count). The molecule has 0 fully saturated rings. The quantitative estimate of drug-likeness (QED) is 0.782. The Morgan fingerprint density at radius 3 is 2.75 bits per heavy atom. The molecule has 0 aromatic heterocycles. The lowest BCUT2D eigenvalue weighted by Crippen LogP contribution is -2.18. The monoisotopic (exact) mass is 303 g/mol. The largest absolute Gasteiger partial charge is 0.248 e. The van der Waals surface area contributed by atoms with Crippen LogP contribution in [0.15, 0.2) is 28.2 Å². The molecule has 1 aromatic carbocycles. The SMILES string of the molecule is C#CCC1(C#N)N=CC(CCc2ccc(Cl)cc2Cl)=N1. The number of rotatable bonds is 4. The summed E-state index contributed by atoms with van der Waals surface area (Å²) in [6.45, 7) is 0. The van der Waals surface area contributed by atoms with Gasteiger partial charge in [0.05, 0.1) is 12.1 Å².